The zero-order valence-corrected chi connectivity index (χ0v) is 16.3. The van der Waals surface area contributed by atoms with Gasteiger partial charge in [-0.3, -0.25) is 4.99 Å². The molecule has 1 unspecified atom stereocenters. The van der Waals surface area contributed by atoms with E-state index >= 15 is 0 Å². The van der Waals surface area contributed by atoms with E-state index in [0.29, 0.717) is 4.59 Å². The van der Waals surface area contributed by atoms with Crippen LogP contribution in [-0.2, 0) is 0 Å². The van der Waals surface area contributed by atoms with Gasteiger partial charge in [-0.05, 0) is 24.6 Å². The van der Waals surface area contributed by atoms with Crippen LogP contribution in [0, 0.1) is 0 Å². The number of rotatable bonds is 5. The number of hydrogen-bond donors (Lipinski definition) is 0. The van der Waals surface area contributed by atoms with Crippen molar-refractivity contribution in [1.29, 1.82) is 0 Å². The number of fused-ring (bicyclic) bond motifs is 2. The lowest BCUT2D eigenvalue weighted by Gasteiger charge is -2.39. The van der Waals surface area contributed by atoms with Crippen LogP contribution in [0.2, 0.25) is 0 Å². The lowest BCUT2D eigenvalue weighted by atomic mass is 10.1. The minimum atomic E-state index is 0.432. The molecule has 2 aliphatic heterocycles. The number of aromatic nitrogens is 1. The van der Waals surface area contributed by atoms with Gasteiger partial charge in [-0.1, -0.05) is 49.4 Å². The number of hydrogen-bond acceptors (Lipinski definition) is 4. The molecule has 0 N–H and O–H groups in total. The maximum Gasteiger partial charge on any atom is 0.225 e. The zero-order valence-electron chi connectivity index (χ0n) is 16.3. The Balaban J connectivity index is 1.61. The summed E-state index contributed by atoms with van der Waals surface area (Å²) in [7, 11) is 0. The predicted octanol–water partition coefficient (Wildman–Crippen LogP) is 5.29. The van der Waals surface area contributed by atoms with E-state index in [9.17, 15) is 0 Å². The fourth-order valence-corrected chi connectivity index (χ4v) is 3.90. The Morgan fingerprint density at radius 2 is 1.83 bits per heavy atom. The average molecular weight is 380 g/mol. The number of anilines is 1. The molecule has 0 saturated heterocycles. The first-order chi connectivity index (χ1) is 14.3. The van der Waals surface area contributed by atoms with Crippen molar-refractivity contribution in [2.75, 3.05) is 11.6 Å². The van der Waals surface area contributed by atoms with Crippen LogP contribution in [0.3, 0.4) is 0 Å². The van der Waals surface area contributed by atoms with E-state index in [-0.39, 0.29) is 0 Å². The molecule has 0 fully saturated rings. The first-order valence-electron chi connectivity index (χ1n) is 9.89. The summed E-state index contributed by atoms with van der Waals surface area (Å²) in [6, 6.07) is 21.0. The molecule has 1 atom stereocenters. The van der Waals surface area contributed by atoms with E-state index in [1.54, 1.807) is 0 Å². The maximum absolute atomic E-state index is 4.95. The minimum Gasteiger partial charge on any atom is -0.253 e. The van der Waals surface area contributed by atoms with Crippen molar-refractivity contribution in [2.45, 2.75) is 13.3 Å². The van der Waals surface area contributed by atoms with Crippen LogP contribution in [0.1, 0.15) is 13.3 Å². The van der Waals surface area contributed by atoms with E-state index in [1.165, 1.54) is 0 Å². The average Bonchev–Trinajstić information content (AvgIpc) is 3.22. The Kier molecular flexibility index (Phi) is 4.30. The minimum absolute atomic E-state index is 0.432. The largest absolute Gasteiger partial charge is 0.253 e. The summed E-state index contributed by atoms with van der Waals surface area (Å²) in [6.45, 7) is 3.07. The van der Waals surface area contributed by atoms with Gasteiger partial charge in [0, 0.05) is 10.9 Å². The number of aliphatic imine (C=N–C) groups is 2. The standard InChI is InChI=1S/C24H22N5/c1-2-13-28(29-14-12-25-16-22(29)17-26-18-29)21-10-8-20-9-11-23(27-24(20)15-21)19-6-4-3-5-7-19/h3-12,14-18H,2,13H2,1H3/q+1. The van der Waals surface area contributed by atoms with Crippen LogP contribution in [0.5, 0.6) is 0 Å². The van der Waals surface area contributed by atoms with E-state index in [0.717, 1.165) is 46.5 Å². The number of quaternary nitrogens is 1. The van der Waals surface area contributed by atoms with Gasteiger partial charge in [-0.25, -0.2) is 15.0 Å². The van der Waals surface area contributed by atoms with Crippen molar-refractivity contribution in [3.05, 3.63) is 85.0 Å². The molecule has 0 radical (unpaired) electrons. The summed E-state index contributed by atoms with van der Waals surface area (Å²) in [5, 5.41) is 3.46. The van der Waals surface area contributed by atoms with Crippen LogP contribution in [0.4, 0.5) is 5.69 Å². The molecule has 0 aliphatic carbocycles. The third-order valence-corrected chi connectivity index (χ3v) is 5.33. The Morgan fingerprint density at radius 1 is 0.966 bits per heavy atom. The van der Waals surface area contributed by atoms with E-state index in [1.807, 2.05) is 43.2 Å². The van der Waals surface area contributed by atoms with Crippen LogP contribution in [0.25, 0.3) is 22.2 Å². The smallest absolute Gasteiger partial charge is 0.225 e. The maximum atomic E-state index is 4.95. The second-order valence-electron chi connectivity index (χ2n) is 7.20. The highest BCUT2D eigenvalue weighted by Gasteiger charge is 2.41. The summed E-state index contributed by atoms with van der Waals surface area (Å²) in [6.07, 6.45) is 10.6. The van der Waals surface area contributed by atoms with Crippen molar-refractivity contribution in [3.63, 3.8) is 0 Å². The van der Waals surface area contributed by atoms with Gasteiger partial charge in [-0.15, -0.1) is 4.59 Å². The second kappa shape index (κ2) is 7.11. The first-order valence-corrected chi connectivity index (χ1v) is 9.89. The molecule has 5 nitrogen and oxygen atoms in total. The highest BCUT2D eigenvalue weighted by atomic mass is 15.8. The molecular formula is C24H22N5+. The van der Waals surface area contributed by atoms with Gasteiger partial charge >= 0.3 is 0 Å². The fourth-order valence-electron chi connectivity index (χ4n) is 3.90. The van der Waals surface area contributed by atoms with Gasteiger partial charge in [0.05, 0.1) is 42.1 Å². The Bertz CT molecular complexity index is 1180. The van der Waals surface area contributed by atoms with Gasteiger partial charge in [0.2, 0.25) is 12.0 Å². The molecule has 29 heavy (non-hydrogen) atoms. The Morgan fingerprint density at radius 3 is 2.69 bits per heavy atom. The summed E-state index contributed by atoms with van der Waals surface area (Å²) in [5.41, 5.74) is 5.24. The molecule has 2 aromatic carbocycles. The van der Waals surface area contributed by atoms with Crippen molar-refractivity contribution >= 4 is 29.1 Å². The summed E-state index contributed by atoms with van der Waals surface area (Å²) >= 11 is 0. The molecular weight excluding hydrogens is 358 g/mol. The third-order valence-electron chi connectivity index (χ3n) is 5.33. The summed E-state index contributed by atoms with van der Waals surface area (Å²) < 4.78 is 0.432. The third kappa shape index (κ3) is 2.96. The predicted molar refractivity (Wildman–Crippen MR) is 119 cm³/mol. The van der Waals surface area contributed by atoms with Gasteiger partial charge in [0.1, 0.15) is 0 Å². The molecule has 3 heterocycles. The van der Waals surface area contributed by atoms with Crippen molar-refractivity contribution in [1.82, 2.24) is 4.98 Å². The number of allylic oxidation sites excluding steroid dienone is 1. The summed E-state index contributed by atoms with van der Waals surface area (Å²) in [5.74, 6) is 0. The van der Waals surface area contributed by atoms with E-state index in [4.69, 9.17) is 4.98 Å². The monoisotopic (exact) mass is 380 g/mol. The van der Waals surface area contributed by atoms with E-state index in [2.05, 4.69) is 70.6 Å². The highest BCUT2D eigenvalue weighted by molar-refractivity contribution is 5.86. The lowest BCUT2D eigenvalue weighted by molar-refractivity contribution is -0.742. The highest BCUT2D eigenvalue weighted by Crippen LogP contribution is 2.33. The molecule has 3 aromatic rings. The lowest BCUT2D eigenvalue weighted by Crippen LogP contribution is -2.55. The van der Waals surface area contributed by atoms with Gasteiger partial charge in [0.25, 0.3) is 0 Å². The SMILES string of the molecule is CCCN(c1ccc2ccc(-c3ccccc3)nc2c1)[N+]12C=CN=CC1=CN=C2. The number of nitrogens with zero attached hydrogens (tertiary/aromatic N) is 5. The topological polar surface area (TPSA) is 40.9 Å². The molecule has 5 heteroatoms. The van der Waals surface area contributed by atoms with Crippen molar-refractivity contribution in [3.8, 4) is 11.3 Å². The number of pyridine rings is 1. The molecule has 142 valence electrons. The first kappa shape index (κ1) is 17.5. The molecule has 0 saturated carbocycles. The van der Waals surface area contributed by atoms with Crippen molar-refractivity contribution in [2.24, 2.45) is 9.98 Å². The number of benzene rings is 2. The zero-order chi connectivity index (χ0) is 19.7. The quantitative estimate of drug-likeness (QED) is 0.564. The van der Waals surface area contributed by atoms with Crippen LogP contribution in [-0.4, -0.2) is 28.7 Å². The molecule has 5 rings (SSSR count). The van der Waals surface area contributed by atoms with E-state index < -0.39 is 0 Å². The van der Waals surface area contributed by atoms with Gasteiger partial charge in [-0.2, -0.15) is 0 Å². The molecule has 2 aliphatic rings. The second-order valence-corrected chi connectivity index (χ2v) is 7.20. The van der Waals surface area contributed by atoms with Gasteiger partial charge < -0.3 is 0 Å². The Labute approximate surface area is 170 Å². The van der Waals surface area contributed by atoms with Crippen LogP contribution >= 0.6 is 0 Å². The fraction of sp³-hybridized carbons (Fsp3) is 0.125. The van der Waals surface area contributed by atoms with Crippen molar-refractivity contribution < 1.29 is 4.59 Å². The molecule has 0 bridgehead atoms. The van der Waals surface area contributed by atoms with Crippen LogP contribution < -0.4 is 5.01 Å². The normalized spacial score (nSPS) is 19.4. The molecule has 1 aromatic heterocycles. The van der Waals surface area contributed by atoms with Crippen LogP contribution in [0.15, 0.2) is 94.9 Å². The molecule has 0 spiro atoms. The Hall–Kier alpha value is -3.57. The van der Waals surface area contributed by atoms with Gasteiger partial charge in [0.15, 0.2) is 6.20 Å². The summed E-state index contributed by atoms with van der Waals surface area (Å²) in [4.78, 5) is 13.7. The molecule has 0 amide bonds.